The molecule has 0 fully saturated rings. The molecule has 1 aromatic heterocycles. The van der Waals surface area contributed by atoms with Crippen molar-refractivity contribution < 1.29 is 4.74 Å². The maximum Gasteiger partial charge on any atom is 0.118 e. The highest BCUT2D eigenvalue weighted by Crippen LogP contribution is 2.19. The highest BCUT2D eigenvalue weighted by atomic mass is 79.9. The van der Waals surface area contributed by atoms with E-state index in [1.165, 1.54) is 5.56 Å². The van der Waals surface area contributed by atoms with E-state index in [0.717, 1.165) is 39.9 Å². The fourth-order valence-corrected chi connectivity index (χ4v) is 2.93. The van der Waals surface area contributed by atoms with Gasteiger partial charge in [-0.05, 0) is 68.6 Å². The van der Waals surface area contributed by atoms with Crippen molar-refractivity contribution in [2.24, 2.45) is 0 Å². The fourth-order valence-electron chi connectivity index (χ4n) is 1.80. The van der Waals surface area contributed by atoms with Gasteiger partial charge in [0.05, 0.1) is 12.8 Å². The Morgan fingerprint density at radius 2 is 1.95 bits per heavy atom. The first-order valence-corrected chi connectivity index (χ1v) is 7.91. The van der Waals surface area contributed by atoms with Crippen LogP contribution in [0.2, 0.25) is 0 Å². The number of aromatic nitrogens is 1. The lowest BCUT2D eigenvalue weighted by molar-refractivity contribution is 0.414. The Morgan fingerprint density at radius 3 is 2.60 bits per heavy atom. The van der Waals surface area contributed by atoms with Crippen molar-refractivity contribution in [3.63, 3.8) is 0 Å². The minimum Gasteiger partial charge on any atom is -0.497 e. The number of nitrogens with zero attached hydrogens (tertiary/aromatic N) is 1. The molecule has 0 radical (unpaired) electrons. The molecule has 0 saturated carbocycles. The average molecular weight is 400 g/mol. The average Bonchev–Trinajstić information content (AvgIpc) is 2.46. The molecule has 20 heavy (non-hydrogen) atoms. The van der Waals surface area contributed by atoms with E-state index in [-0.39, 0.29) is 0 Å². The molecule has 1 heterocycles. The van der Waals surface area contributed by atoms with Gasteiger partial charge in [-0.2, -0.15) is 0 Å². The molecule has 0 aliphatic carbocycles. The molecule has 0 atom stereocenters. The summed E-state index contributed by atoms with van der Waals surface area (Å²) in [6, 6.07) is 10.2. The first-order chi connectivity index (χ1) is 9.69. The molecule has 0 spiro atoms. The Bertz CT molecular complexity index is 558. The van der Waals surface area contributed by atoms with E-state index in [2.05, 4.69) is 54.3 Å². The molecule has 2 aromatic rings. The number of halogens is 2. The predicted octanol–water partition coefficient (Wildman–Crippen LogP) is 3.95. The lowest BCUT2D eigenvalue weighted by Crippen LogP contribution is -2.17. The normalized spacial score (nSPS) is 10.6. The summed E-state index contributed by atoms with van der Waals surface area (Å²) in [6.45, 7) is 1.67. The number of nitrogens with one attached hydrogen (secondary N) is 1. The van der Waals surface area contributed by atoms with Gasteiger partial charge in [0, 0.05) is 21.7 Å². The van der Waals surface area contributed by atoms with Gasteiger partial charge in [0.25, 0.3) is 0 Å². The fraction of sp³-hybridized carbons (Fsp3) is 0.267. The predicted molar refractivity (Wildman–Crippen MR) is 88.0 cm³/mol. The smallest absolute Gasteiger partial charge is 0.118 e. The number of hydrogen-bond acceptors (Lipinski definition) is 3. The largest absolute Gasteiger partial charge is 0.497 e. The first-order valence-electron chi connectivity index (χ1n) is 6.32. The minimum absolute atomic E-state index is 0.754. The number of hydrogen-bond donors (Lipinski definition) is 1. The molecule has 2 rings (SSSR count). The molecule has 0 amide bonds. The van der Waals surface area contributed by atoms with Gasteiger partial charge in [-0.25, -0.2) is 0 Å². The van der Waals surface area contributed by atoms with Crippen molar-refractivity contribution in [2.45, 2.75) is 13.0 Å². The van der Waals surface area contributed by atoms with E-state index < -0.39 is 0 Å². The third kappa shape index (κ3) is 4.58. The van der Waals surface area contributed by atoms with Crippen LogP contribution in [0, 0.1) is 0 Å². The van der Waals surface area contributed by atoms with Crippen molar-refractivity contribution in [1.82, 2.24) is 10.3 Å². The Labute approximate surface area is 136 Å². The van der Waals surface area contributed by atoms with Gasteiger partial charge in [-0.3, -0.25) is 4.98 Å². The number of rotatable bonds is 6. The summed E-state index contributed by atoms with van der Waals surface area (Å²) < 4.78 is 7.14. The van der Waals surface area contributed by atoms with Crippen LogP contribution in [-0.2, 0) is 13.0 Å². The molecule has 106 valence electrons. The van der Waals surface area contributed by atoms with Crippen LogP contribution in [-0.4, -0.2) is 18.6 Å². The Hall–Kier alpha value is -0.910. The first kappa shape index (κ1) is 15.5. The topological polar surface area (TPSA) is 34.1 Å². The summed E-state index contributed by atoms with van der Waals surface area (Å²) in [5.41, 5.74) is 2.31. The molecule has 0 aliphatic rings. The summed E-state index contributed by atoms with van der Waals surface area (Å²) in [6.07, 6.45) is 2.80. The molecule has 0 bridgehead atoms. The number of benzene rings is 1. The van der Waals surface area contributed by atoms with Gasteiger partial charge in [-0.1, -0.05) is 12.1 Å². The second-order valence-electron chi connectivity index (χ2n) is 4.36. The summed E-state index contributed by atoms with van der Waals surface area (Å²) in [5, 5.41) is 3.40. The van der Waals surface area contributed by atoms with E-state index in [1.807, 2.05) is 24.4 Å². The molecule has 3 nitrogen and oxygen atoms in total. The second-order valence-corrected chi connectivity index (χ2v) is 6.13. The summed E-state index contributed by atoms with van der Waals surface area (Å²) >= 11 is 6.91. The van der Waals surface area contributed by atoms with Gasteiger partial charge in [-0.15, -0.1) is 0 Å². The highest BCUT2D eigenvalue weighted by Gasteiger charge is 2.02. The molecule has 0 saturated heterocycles. The lowest BCUT2D eigenvalue weighted by Gasteiger charge is -2.07. The van der Waals surface area contributed by atoms with Crippen molar-refractivity contribution in [1.29, 1.82) is 0 Å². The third-order valence-corrected chi connectivity index (χ3v) is 4.05. The quantitative estimate of drug-likeness (QED) is 0.746. The lowest BCUT2D eigenvalue weighted by atomic mass is 10.1. The third-order valence-electron chi connectivity index (χ3n) is 2.93. The zero-order valence-electron chi connectivity index (χ0n) is 11.2. The molecule has 1 N–H and O–H groups in total. The number of pyridine rings is 1. The zero-order chi connectivity index (χ0) is 14.4. The van der Waals surface area contributed by atoms with Crippen LogP contribution < -0.4 is 10.1 Å². The van der Waals surface area contributed by atoms with Crippen molar-refractivity contribution >= 4 is 31.9 Å². The van der Waals surface area contributed by atoms with Crippen LogP contribution in [0.1, 0.15) is 11.3 Å². The number of methoxy groups -OCH3 is 1. The van der Waals surface area contributed by atoms with E-state index >= 15 is 0 Å². The van der Waals surface area contributed by atoms with Crippen LogP contribution in [0.3, 0.4) is 0 Å². The van der Waals surface area contributed by atoms with Crippen molar-refractivity contribution in [3.05, 3.63) is 56.7 Å². The van der Waals surface area contributed by atoms with Crippen molar-refractivity contribution in [3.8, 4) is 5.75 Å². The van der Waals surface area contributed by atoms with Gasteiger partial charge in [0.15, 0.2) is 0 Å². The molecule has 5 heteroatoms. The summed E-state index contributed by atoms with van der Waals surface area (Å²) in [4.78, 5) is 4.37. The molecule has 0 unspecified atom stereocenters. The van der Waals surface area contributed by atoms with E-state index in [9.17, 15) is 0 Å². The van der Waals surface area contributed by atoms with Gasteiger partial charge in [0.1, 0.15) is 5.75 Å². The van der Waals surface area contributed by atoms with E-state index in [4.69, 9.17) is 4.74 Å². The summed E-state index contributed by atoms with van der Waals surface area (Å²) in [5.74, 6) is 0.893. The maximum absolute atomic E-state index is 5.14. The molecular formula is C15H16Br2N2O. The zero-order valence-corrected chi connectivity index (χ0v) is 14.4. The van der Waals surface area contributed by atoms with E-state index in [1.54, 1.807) is 7.11 Å². The Balaban J connectivity index is 1.78. The van der Waals surface area contributed by atoms with Crippen molar-refractivity contribution in [2.75, 3.05) is 13.7 Å². The SMILES string of the molecule is COc1ccc(CCNCc2ncc(Br)cc2Br)cc1. The summed E-state index contributed by atoms with van der Waals surface area (Å²) in [7, 11) is 1.68. The molecular weight excluding hydrogens is 384 g/mol. The van der Waals surface area contributed by atoms with Gasteiger partial charge in [0.2, 0.25) is 0 Å². The maximum atomic E-state index is 5.14. The van der Waals surface area contributed by atoms with Crippen LogP contribution in [0.25, 0.3) is 0 Å². The molecule has 0 aliphatic heterocycles. The second kappa shape index (κ2) is 7.76. The van der Waals surface area contributed by atoms with Gasteiger partial charge < -0.3 is 10.1 Å². The molecule has 1 aromatic carbocycles. The Morgan fingerprint density at radius 1 is 1.20 bits per heavy atom. The van der Waals surface area contributed by atoms with Crippen LogP contribution >= 0.6 is 31.9 Å². The Kier molecular flexibility index (Phi) is 6.01. The van der Waals surface area contributed by atoms with Crippen LogP contribution in [0.5, 0.6) is 5.75 Å². The van der Waals surface area contributed by atoms with Crippen LogP contribution in [0.4, 0.5) is 0 Å². The van der Waals surface area contributed by atoms with Crippen LogP contribution in [0.15, 0.2) is 45.5 Å². The van der Waals surface area contributed by atoms with Gasteiger partial charge >= 0.3 is 0 Å². The monoisotopic (exact) mass is 398 g/mol. The van der Waals surface area contributed by atoms with E-state index in [0.29, 0.717) is 0 Å². The number of ether oxygens (including phenoxy) is 1. The minimum atomic E-state index is 0.754. The highest BCUT2D eigenvalue weighted by molar-refractivity contribution is 9.11. The standard InChI is InChI=1S/C15H16Br2N2O/c1-20-13-4-2-11(3-5-13)6-7-18-10-15-14(17)8-12(16)9-19-15/h2-5,8-9,18H,6-7,10H2,1H3.